The largest absolute Gasteiger partial charge is 0.354 e. The number of amides is 1. The third-order valence-corrected chi connectivity index (χ3v) is 5.58. The average Bonchev–Trinajstić information content (AvgIpc) is 3.10. The summed E-state index contributed by atoms with van der Waals surface area (Å²) in [5.74, 6) is -0.134. The Morgan fingerprint density at radius 1 is 1.28 bits per heavy atom. The van der Waals surface area contributed by atoms with Gasteiger partial charge < -0.3 is 15.6 Å². The number of H-pyrrole nitrogens is 1. The van der Waals surface area contributed by atoms with E-state index < -0.39 is 0 Å². The van der Waals surface area contributed by atoms with E-state index in [9.17, 15) is 9.59 Å². The van der Waals surface area contributed by atoms with Crippen LogP contribution in [-0.4, -0.2) is 24.0 Å². The second-order valence-corrected chi connectivity index (χ2v) is 7.25. The highest BCUT2D eigenvalue weighted by atomic mass is 32.1. The van der Waals surface area contributed by atoms with Crippen LogP contribution in [0.15, 0.2) is 46.6 Å². The molecular weight excluding hydrogens is 334 g/mol. The number of pyridine rings is 1. The number of nitrogens with one attached hydrogen (secondary N) is 3. The van der Waals surface area contributed by atoms with Crippen molar-refractivity contribution in [3.05, 3.63) is 68.1 Å². The van der Waals surface area contributed by atoms with Crippen molar-refractivity contribution in [3.8, 4) is 0 Å². The molecule has 0 bridgehead atoms. The van der Waals surface area contributed by atoms with Crippen molar-refractivity contribution in [2.45, 2.75) is 18.9 Å². The van der Waals surface area contributed by atoms with Gasteiger partial charge in [0.1, 0.15) is 0 Å². The first-order chi connectivity index (χ1) is 12.2. The Hall–Kier alpha value is -2.44. The lowest BCUT2D eigenvalue weighted by Gasteiger charge is -2.24. The quantitative estimate of drug-likeness (QED) is 0.673. The van der Waals surface area contributed by atoms with Crippen molar-refractivity contribution in [3.63, 3.8) is 0 Å². The fraction of sp³-hybridized carbons (Fsp3) is 0.263. The Morgan fingerprint density at radius 3 is 3.08 bits per heavy atom. The standard InChI is InChI=1S/C19H19N3O2S/c23-18(21-11-16-14-6-8-25-17(14)5-7-20-16)10-13-9-12-3-1-2-4-15(12)22-19(13)24/h1-4,6,8-9,16,20H,5,7,10-11H2,(H,21,23)(H,22,24). The number of aromatic amines is 1. The summed E-state index contributed by atoms with van der Waals surface area (Å²) in [5, 5.41) is 9.43. The topological polar surface area (TPSA) is 74.0 Å². The molecule has 1 unspecified atom stereocenters. The molecular formula is C19H19N3O2S. The fourth-order valence-electron chi connectivity index (χ4n) is 3.29. The molecule has 1 amide bonds. The molecule has 3 heterocycles. The molecule has 0 saturated heterocycles. The second-order valence-electron chi connectivity index (χ2n) is 6.25. The van der Waals surface area contributed by atoms with Crippen LogP contribution in [0.25, 0.3) is 10.9 Å². The molecule has 0 spiro atoms. The van der Waals surface area contributed by atoms with E-state index in [2.05, 4.69) is 27.1 Å². The molecule has 0 fully saturated rings. The van der Waals surface area contributed by atoms with Gasteiger partial charge in [-0.3, -0.25) is 9.59 Å². The fourth-order valence-corrected chi connectivity index (χ4v) is 4.24. The number of hydrogen-bond donors (Lipinski definition) is 3. The molecule has 5 nitrogen and oxygen atoms in total. The van der Waals surface area contributed by atoms with E-state index in [0.717, 1.165) is 23.9 Å². The van der Waals surface area contributed by atoms with Crippen LogP contribution in [0, 0.1) is 0 Å². The summed E-state index contributed by atoms with van der Waals surface area (Å²) in [6, 6.07) is 11.6. The molecule has 1 aromatic carbocycles. The van der Waals surface area contributed by atoms with E-state index in [4.69, 9.17) is 0 Å². The van der Waals surface area contributed by atoms with E-state index in [-0.39, 0.29) is 23.9 Å². The normalized spacial score (nSPS) is 16.6. The van der Waals surface area contributed by atoms with Gasteiger partial charge in [0.15, 0.2) is 0 Å². The predicted octanol–water partition coefficient (Wildman–Crippen LogP) is 2.14. The molecule has 3 N–H and O–H groups in total. The first-order valence-electron chi connectivity index (χ1n) is 8.38. The SMILES string of the molecule is O=C(Cc1cc2ccccc2[nH]c1=O)NCC1NCCc2sccc21. The van der Waals surface area contributed by atoms with E-state index in [1.807, 2.05) is 24.3 Å². The summed E-state index contributed by atoms with van der Waals surface area (Å²) < 4.78 is 0. The van der Waals surface area contributed by atoms with Crippen LogP contribution in [0.4, 0.5) is 0 Å². The highest BCUT2D eigenvalue weighted by Crippen LogP contribution is 2.26. The Labute approximate surface area is 149 Å². The Balaban J connectivity index is 1.43. The first-order valence-corrected chi connectivity index (χ1v) is 9.26. The summed E-state index contributed by atoms with van der Waals surface area (Å²) in [6.45, 7) is 1.46. The van der Waals surface area contributed by atoms with Gasteiger partial charge in [-0.1, -0.05) is 18.2 Å². The molecule has 1 aliphatic heterocycles. The first kappa shape index (κ1) is 16.1. The zero-order chi connectivity index (χ0) is 17.2. The molecule has 0 saturated carbocycles. The predicted molar refractivity (Wildman–Crippen MR) is 100 cm³/mol. The molecule has 6 heteroatoms. The van der Waals surface area contributed by atoms with Crippen LogP contribution in [0.2, 0.25) is 0 Å². The van der Waals surface area contributed by atoms with Crippen LogP contribution in [0.1, 0.15) is 22.0 Å². The Morgan fingerprint density at radius 2 is 2.16 bits per heavy atom. The number of benzene rings is 1. The van der Waals surface area contributed by atoms with Gasteiger partial charge in [-0.2, -0.15) is 0 Å². The monoisotopic (exact) mass is 353 g/mol. The van der Waals surface area contributed by atoms with Crippen LogP contribution >= 0.6 is 11.3 Å². The Bertz CT molecular complexity index is 976. The van der Waals surface area contributed by atoms with Gasteiger partial charge in [0.2, 0.25) is 5.91 Å². The van der Waals surface area contributed by atoms with Crippen LogP contribution < -0.4 is 16.2 Å². The average molecular weight is 353 g/mol. The molecule has 3 aromatic rings. The van der Waals surface area contributed by atoms with Crippen molar-refractivity contribution in [1.82, 2.24) is 15.6 Å². The maximum atomic E-state index is 12.3. The minimum atomic E-state index is -0.204. The van der Waals surface area contributed by atoms with Crippen molar-refractivity contribution < 1.29 is 4.79 Å². The number of fused-ring (bicyclic) bond motifs is 2. The van der Waals surface area contributed by atoms with E-state index >= 15 is 0 Å². The van der Waals surface area contributed by atoms with Crippen LogP contribution in [0.3, 0.4) is 0 Å². The van der Waals surface area contributed by atoms with Gasteiger partial charge in [0.25, 0.3) is 5.56 Å². The molecule has 2 aromatic heterocycles. The smallest absolute Gasteiger partial charge is 0.252 e. The number of hydrogen-bond acceptors (Lipinski definition) is 4. The molecule has 0 aliphatic carbocycles. The number of rotatable bonds is 4. The van der Waals surface area contributed by atoms with Crippen molar-refractivity contribution in [1.29, 1.82) is 0 Å². The molecule has 1 aliphatic rings. The third kappa shape index (κ3) is 3.36. The second kappa shape index (κ2) is 6.82. The minimum Gasteiger partial charge on any atom is -0.354 e. The Kier molecular flexibility index (Phi) is 4.38. The van der Waals surface area contributed by atoms with Gasteiger partial charge in [-0.25, -0.2) is 0 Å². The summed E-state index contributed by atoms with van der Waals surface area (Å²) in [4.78, 5) is 28.7. The van der Waals surface area contributed by atoms with Gasteiger partial charge in [-0.05, 0) is 40.9 Å². The zero-order valence-electron chi connectivity index (χ0n) is 13.7. The summed E-state index contributed by atoms with van der Waals surface area (Å²) in [5.41, 5.74) is 2.35. The maximum absolute atomic E-state index is 12.3. The highest BCUT2D eigenvalue weighted by Gasteiger charge is 2.21. The number of aromatic nitrogens is 1. The zero-order valence-corrected chi connectivity index (χ0v) is 14.5. The van der Waals surface area contributed by atoms with E-state index in [0.29, 0.717) is 12.1 Å². The van der Waals surface area contributed by atoms with E-state index in [1.165, 1.54) is 10.4 Å². The molecule has 4 rings (SSSR count). The minimum absolute atomic E-state index is 0.0867. The number of thiophene rings is 1. The van der Waals surface area contributed by atoms with E-state index in [1.54, 1.807) is 17.4 Å². The van der Waals surface area contributed by atoms with Crippen molar-refractivity contribution in [2.24, 2.45) is 0 Å². The lowest BCUT2D eigenvalue weighted by molar-refractivity contribution is -0.120. The van der Waals surface area contributed by atoms with Gasteiger partial charge in [0, 0.05) is 29.0 Å². The molecule has 128 valence electrons. The lowest BCUT2D eigenvalue weighted by Crippen LogP contribution is -2.39. The highest BCUT2D eigenvalue weighted by molar-refractivity contribution is 7.10. The number of carbonyl (C=O) groups excluding carboxylic acids is 1. The summed E-state index contributed by atoms with van der Waals surface area (Å²) >= 11 is 1.77. The molecule has 0 radical (unpaired) electrons. The van der Waals surface area contributed by atoms with Crippen LogP contribution in [-0.2, 0) is 17.6 Å². The maximum Gasteiger partial charge on any atom is 0.252 e. The van der Waals surface area contributed by atoms with Gasteiger partial charge in [0.05, 0.1) is 12.5 Å². The number of para-hydroxylation sites is 1. The van der Waals surface area contributed by atoms with Gasteiger partial charge in [-0.15, -0.1) is 11.3 Å². The van der Waals surface area contributed by atoms with Gasteiger partial charge >= 0.3 is 0 Å². The summed E-state index contributed by atoms with van der Waals surface area (Å²) in [6.07, 6.45) is 1.13. The molecule has 1 atom stereocenters. The van der Waals surface area contributed by atoms with Crippen molar-refractivity contribution in [2.75, 3.05) is 13.1 Å². The summed E-state index contributed by atoms with van der Waals surface area (Å²) in [7, 11) is 0. The number of carbonyl (C=O) groups is 1. The molecule has 25 heavy (non-hydrogen) atoms. The van der Waals surface area contributed by atoms with Crippen LogP contribution in [0.5, 0.6) is 0 Å². The third-order valence-electron chi connectivity index (χ3n) is 4.58. The lowest BCUT2D eigenvalue weighted by atomic mass is 10.0. The van der Waals surface area contributed by atoms with Crippen molar-refractivity contribution >= 4 is 28.1 Å².